The van der Waals surface area contributed by atoms with E-state index >= 15 is 0 Å². The van der Waals surface area contributed by atoms with Crippen LogP contribution in [-0.2, 0) is 0 Å². The maximum Gasteiger partial charge on any atom is 0.125 e. The van der Waals surface area contributed by atoms with Crippen LogP contribution in [0, 0.1) is 0 Å². The number of halogens is 1. The van der Waals surface area contributed by atoms with Crippen molar-refractivity contribution in [3.05, 3.63) is 41.9 Å². The van der Waals surface area contributed by atoms with Crippen LogP contribution in [0.3, 0.4) is 0 Å². The molecule has 16 heavy (non-hydrogen) atoms. The summed E-state index contributed by atoms with van der Waals surface area (Å²) in [5.74, 6) is 0.745. The maximum atomic E-state index is 5.90. The van der Waals surface area contributed by atoms with Gasteiger partial charge in [0.2, 0.25) is 0 Å². The fraction of sp³-hybridized carbons (Fsp3) is 0.308. The Morgan fingerprint density at radius 3 is 2.62 bits per heavy atom. The van der Waals surface area contributed by atoms with Crippen LogP contribution in [0.2, 0.25) is 5.02 Å². The van der Waals surface area contributed by atoms with Crippen LogP contribution in [0.4, 0.5) is 5.69 Å². The van der Waals surface area contributed by atoms with E-state index in [-0.39, 0.29) is 5.54 Å². The lowest BCUT2D eigenvalue weighted by atomic mass is 10.1. The summed E-state index contributed by atoms with van der Waals surface area (Å²) in [4.78, 5) is 4.50. The van der Waals surface area contributed by atoms with E-state index in [0.29, 0.717) is 5.02 Å². The van der Waals surface area contributed by atoms with Gasteiger partial charge in [-0.05, 0) is 45.0 Å². The van der Waals surface area contributed by atoms with Crippen molar-refractivity contribution in [1.29, 1.82) is 0 Å². The first kappa shape index (κ1) is 12.8. The van der Waals surface area contributed by atoms with E-state index in [1.54, 1.807) is 6.08 Å². The Morgan fingerprint density at radius 2 is 2.12 bits per heavy atom. The standard InChI is InChI=1S/C13H17ClN2/c1-5-12(16-13(2,3)4)15-11-8-6-7-10(14)9-11/h5-9H,1H2,2-4H3,(H,15,16). The second-order valence-electron chi connectivity index (χ2n) is 4.51. The Balaban J connectivity index is 2.86. The molecular weight excluding hydrogens is 220 g/mol. The molecule has 0 aliphatic carbocycles. The summed E-state index contributed by atoms with van der Waals surface area (Å²) in [5.41, 5.74) is 0.783. The highest BCUT2D eigenvalue weighted by atomic mass is 35.5. The highest BCUT2D eigenvalue weighted by Crippen LogP contribution is 2.16. The number of benzene rings is 1. The van der Waals surface area contributed by atoms with Gasteiger partial charge >= 0.3 is 0 Å². The lowest BCUT2D eigenvalue weighted by Crippen LogP contribution is -2.18. The van der Waals surface area contributed by atoms with Crippen LogP contribution in [-0.4, -0.2) is 11.4 Å². The SMILES string of the molecule is C=CC(=NC(C)(C)C)Nc1cccc(Cl)c1. The summed E-state index contributed by atoms with van der Waals surface area (Å²) < 4.78 is 0. The van der Waals surface area contributed by atoms with E-state index in [1.165, 1.54) is 0 Å². The minimum absolute atomic E-state index is 0.130. The summed E-state index contributed by atoms with van der Waals surface area (Å²) in [6, 6.07) is 7.51. The van der Waals surface area contributed by atoms with Gasteiger partial charge in [0.25, 0.3) is 0 Å². The van der Waals surface area contributed by atoms with Gasteiger partial charge in [0.1, 0.15) is 5.84 Å². The molecule has 2 nitrogen and oxygen atoms in total. The Morgan fingerprint density at radius 1 is 1.44 bits per heavy atom. The second kappa shape index (κ2) is 5.17. The summed E-state index contributed by atoms with van der Waals surface area (Å²) in [6.07, 6.45) is 1.70. The number of rotatable bonds is 2. The van der Waals surface area contributed by atoms with Gasteiger partial charge in [0.15, 0.2) is 0 Å². The van der Waals surface area contributed by atoms with Gasteiger partial charge in [0, 0.05) is 10.7 Å². The molecule has 0 unspecified atom stereocenters. The van der Waals surface area contributed by atoms with E-state index in [2.05, 4.69) is 16.9 Å². The van der Waals surface area contributed by atoms with E-state index in [9.17, 15) is 0 Å². The fourth-order valence-corrected chi connectivity index (χ4v) is 1.39. The minimum atomic E-state index is -0.130. The predicted octanol–water partition coefficient (Wildman–Crippen LogP) is 4.13. The highest BCUT2D eigenvalue weighted by Gasteiger charge is 2.08. The van der Waals surface area contributed by atoms with Gasteiger partial charge < -0.3 is 5.32 Å². The fourth-order valence-electron chi connectivity index (χ4n) is 1.20. The van der Waals surface area contributed by atoms with Crippen molar-refractivity contribution in [3.63, 3.8) is 0 Å². The molecule has 0 bridgehead atoms. The second-order valence-corrected chi connectivity index (χ2v) is 4.94. The van der Waals surface area contributed by atoms with Crippen LogP contribution in [0.15, 0.2) is 41.9 Å². The molecule has 3 heteroatoms. The molecule has 0 aliphatic heterocycles. The van der Waals surface area contributed by atoms with Crippen LogP contribution < -0.4 is 5.32 Å². The number of nitrogens with zero attached hydrogens (tertiary/aromatic N) is 1. The molecule has 0 aliphatic rings. The van der Waals surface area contributed by atoms with Gasteiger partial charge in [-0.2, -0.15) is 0 Å². The van der Waals surface area contributed by atoms with Crippen LogP contribution >= 0.6 is 11.6 Å². The monoisotopic (exact) mass is 236 g/mol. The topological polar surface area (TPSA) is 24.4 Å². The Bertz CT molecular complexity index is 403. The zero-order valence-corrected chi connectivity index (χ0v) is 10.7. The summed E-state index contributed by atoms with van der Waals surface area (Å²) in [6.45, 7) is 9.85. The minimum Gasteiger partial charge on any atom is -0.341 e. The quantitative estimate of drug-likeness (QED) is 0.606. The van der Waals surface area contributed by atoms with Gasteiger partial charge in [-0.25, -0.2) is 0 Å². The van der Waals surface area contributed by atoms with Gasteiger partial charge in [-0.15, -0.1) is 0 Å². The smallest absolute Gasteiger partial charge is 0.125 e. The van der Waals surface area contributed by atoms with E-state index in [4.69, 9.17) is 11.6 Å². The molecule has 1 rings (SSSR count). The number of nitrogens with one attached hydrogen (secondary N) is 1. The molecule has 1 aromatic carbocycles. The molecule has 0 spiro atoms. The lowest BCUT2D eigenvalue weighted by molar-refractivity contribution is 0.584. The maximum absolute atomic E-state index is 5.90. The normalized spacial score (nSPS) is 12.4. The van der Waals surface area contributed by atoms with E-state index < -0.39 is 0 Å². The molecule has 0 radical (unpaired) electrons. The van der Waals surface area contributed by atoms with E-state index in [0.717, 1.165) is 11.5 Å². The zero-order chi connectivity index (χ0) is 12.2. The Hall–Kier alpha value is -1.28. The molecule has 86 valence electrons. The summed E-state index contributed by atoms with van der Waals surface area (Å²) >= 11 is 5.90. The van der Waals surface area contributed by atoms with Crippen molar-refractivity contribution in [2.75, 3.05) is 5.32 Å². The first-order valence-electron chi connectivity index (χ1n) is 5.15. The van der Waals surface area contributed by atoms with Crippen molar-refractivity contribution < 1.29 is 0 Å². The predicted molar refractivity (Wildman–Crippen MR) is 72.5 cm³/mol. The number of hydrogen-bond donors (Lipinski definition) is 1. The zero-order valence-electron chi connectivity index (χ0n) is 9.92. The molecular formula is C13H17ClN2. The highest BCUT2D eigenvalue weighted by molar-refractivity contribution is 6.30. The lowest BCUT2D eigenvalue weighted by Gasteiger charge is -2.15. The van der Waals surface area contributed by atoms with Crippen LogP contribution in [0.5, 0.6) is 0 Å². The van der Waals surface area contributed by atoms with E-state index in [1.807, 2.05) is 45.0 Å². The van der Waals surface area contributed by atoms with Gasteiger partial charge in [-0.3, -0.25) is 4.99 Å². The Labute approximate surface area is 102 Å². The number of amidine groups is 1. The first-order chi connectivity index (χ1) is 7.40. The largest absolute Gasteiger partial charge is 0.341 e. The van der Waals surface area contributed by atoms with Crippen LogP contribution in [0.1, 0.15) is 20.8 Å². The molecule has 0 saturated carbocycles. The van der Waals surface area contributed by atoms with Crippen molar-refractivity contribution in [1.82, 2.24) is 0 Å². The molecule has 1 aromatic rings. The van der Waals surface area contributed by atoms with Crippen LogP contribution in [0.25, 0.3) is 0 Å². The third-order valence-electron chi connectivity index (χ3n) is 1.75. The molecule has 0 fully saturated rings. The van der Waals surface area contributed by atoms with Crippen molar-refractivity contribution in [2.45, 2.75) is 26.3 Å². The third-order valence-corrected chi connectivity index (χ3v) is 1.98. The molecule has 1 N–H and O–H groups in total. The number of aliphatic imine (C=N–C) groups is 1. The number of hydrogen-bond acceptors (Lipinski definition) is 1. The molecule has 0 aromatic heterocycles. The van der Waals surface area contributed by atoms with Gasteiger partial charge in [-0.1, -0.05) is 24.2 Å². The van der Waals surface area contributed by atoms with Crippen molar-refractivity contribution in [3.8, 4) is 0 Å². The van der Waals surface area contributed by atoms with Crippen molar-refractivity contribution >= 4 is 23.1 Å². The van der Waals surface area contributed by atoms with Gasteiger partial charge in [0.05, 0.1) is 5.54 Å². The molecule has 0 amide bonds. The average Bonchev–Trinajstić information content (AvgIpc) is 2.14. The summed E-state index contributed by atoms with van der Waals surface area (Å²) in [5, 5.41) is 3.87. The number of anilines is 1. The average molecular weight is 237 g/mol. The molecule has 0 heterocycles. The molecule has 0 saturated heterocycles. The summed E-state index contributed by atoms with van der Waals surface area (Å²) in [7, 11) is 0. The Kier molecular flexibility index (Phi) is 4.13. The first-order valence-corrected chi connectivity index (χ1v) is 5.53. The van der Waals surface area contributed by atoms with Crippen molar-refractivity contribution in [2.24, 2.45) is 4.99 Å². The third kappa shape index (κ3) is 4.49. The molecule has 0 atom stereocenters.